The van der Waals surface area contributed by atoms with Gasteiger partial charge in [-0.1, -0.05) is 0 Å². The Hall–Kier alpha value is -1.22. The monoisotopic (exact) mass is 262 g/mol. The van der Waals surface area contributed by atoms with E-state index in [4.69, 9.17) is 18.9 Å². The van der Waals surface area contributed by atoms with Gasteiger partial charge in [0.1, 0.15) is 25.8 Å². The van der Waals surface area contributed by atoms with Crippen LogP contribution < -0.4 is 0 Å². The zero-order chi connectivity index (χ0) is 13.1. The van der Waals surface area contributed by atoms with Crippen LogP contribution in [-0.2, 0) is 38.0 Å². The van der Waals surface area contributed by atoms with Crippen LogP contribution in [0.2, 0.25) is 0 Å². The summed E-state index contributed by atoms with van der Waals surface area (Å²) in [5.41, 5.74) is 0. The topological polar surface area (TPSA) is 89.5 Å². The van der Waals surface area contributed by atoms with Crippen LogP contribution in [0.15, 0.2) is 0 Å². The van der Waals surface area contributed by atoms with Crippen molar-refractivity contribution in [1.29, 1.82) is 0 Å². The van der Waals surface area contributed by atoms with Crippen LogP contribution in [0.4, 0.5) is 0 Å². The third-order valence-electron chi connectivity index (χ3n) is 2.80. The van der Waals surface area contributed by atoms with E-state index >= 15 is 0 Å². The maximum atomic E-state index is 11.5. The van der Waals surface area contributed by atoms with Crippen LogP contribution in [0.25, 0.3) is 0 Å². The Morgan fingerprint density at radius 3 is 1.56 bits per heavy atom. The van der Waals surface area contributed by atoms with E-state index in [9.17, 15) is 9.59 Å². The Morgan fingerprint density at radius 2 is 1.22 bits per heavy atom. The minimum atomic E-state index is -0.940. The lowest BCUT2D eigenvalue weighted by Crippen LogP contribution is -2.61. The Kier molecular flexibility index (Phi) is 4.12. The highest BCUT2D eigenvalue weighted by Gasteiger charge is 2.50. The highest BCUT2D eigenvalue weighted by Crippen LogP contribution is 2.27. The number of hydrogen-bond acceptors (Lipinski definition) is 8. The summed E-state index contributed by atoms with van der Waals surface area (Å²) in [5.74, 6) is -1.17. The van der Waals surface area contributed by atoms with Crippen LogP contribution >= 0.6 is 0 Å². The van der Waals surface area contributed by atoms with Gasteiger partial charge in [-0.05, 0) is 0 Å². The molecule has 0 radical (unpaired) electrons. The third kappa shape index (κ3) is 2.32. The number of hydrogen-bond donors (Lipinski definition) is 0. The van der Waals surface area contributed by atoms with Crippen molar-refractivity contribution in [2.75, 3.05) is 27.8 Å². The van der Waals surface area contributed by atoms with Crippen molar-refractivity contribution < 1.29 is 38.0 Å². The zero-order valence-corrected chi connectivity index (χ0v) is 9.99. The summed E-state index contributed by atoms with van der Waals surface area (Å²) in [6.07, 6.45) is -3.40. The lowest BCUT2D eigenvalue weighted by Gasteiger charge is -2.41. The van der Waals surface area contributed by atoms with E-state index in [1.807, 2.05) is 0 Å². The maximum absolute atomic E-state index is 11.5. The predicted molar refractivity (Wildman–Crippen MR) is 53.3 cm³/mol. The summed E-state index contributed by atoms with van der Waals surface area (Å²) in [6, 6.07) is 0. The second-order valence-electron chi connectivity index (χ2n) is 3.72. The van der Waals surface area contributed by atoms with Gasteiger partial charge >= 0.3 is 11.9 Å². The van der Waals surface area contributed by atoms with E-state index in [1.54, 1.807) is 0 Å². The van der Waals surface area contributed by atoms with Crippen molar-refractivity contribution in [3.05, 3.63) is 0 Å². The fourth-order valence-electron chi connectivity index (χ4n) is 1.92. The molecular weight excluding hydrogens is 248 g/mol. The summed E-state index contributed by atoms with van der Waals surface area (Å²) < 4.78 is 30.0. The first-order chi connectivity index (χ1) is 8.69. The average Bonchev–Trinajstić information content (AvgIpc) is 2.44. The molecule has 8 nitrogen and oxygen atoms in total. The first-order valence-corrected chi connectivity index (χ1v) is 5.31. The zero-order valence-electron chi connectivity index (χ0n) is 9.99. The molecule has 18 heavy (non-hydrogen) atoms. The van der Waals surface area contributed by atoms with Gasteiger partial charge < -0.3 is 28.4 Å². The third-order valence-corrected chi connectivity index (χ3v) is 2.80. The summed E-state index contributed by atoms with van der Waals surface area (Å²) in [4.78, 5) is 23.1. The number of rotatable bonds is 2. The van der Waals surface area contributed by atoms with Crippen molar-refractivity contribution in [3.8, 4) is 0 Å². The van der Waals surface area contributed by atoms with E-state index in [-0.39, 0.29) is 13.6 Å². The first-order valence-electron chi connectivity index (χ1n) is 5.31. The second kappa shape index (κ2) is 5.61. The van der Waals surface area contributed by atoms with E-state index in [0.29, 0.717) is 0 Å². The molecule has 0 amide bonds. The highest BCUT2D eigenvalue weighted by molar-refractivity contribution is 5.78. The van der Waals surface area contributed by atoms with Gasteiger partial charge in [0.15, 0.2) is 12.2 Å². The number of methoxy groups -OCH3 is 2. The van der Waals surface area contributed by atoms with E-state index in [1.165, 1.54) is 14.2 Å². The number of carbonyl (C=O) groups excluding carboxylic acids is 2. The Bertz CT molecular complexity index is 298. The lowest BCUT2D eigenvalue weighted by molar-refractivity contribution is -0.316. The smallest absolute Gasteiger partial charge is 0.337 e. The van der Waals surface area contributed by atoms with Gasteiger partial charge in [-0.15, -0.1) is 0 Å². The fourth-order valence-corrected chi connectivity index (χ4v) is 1.92. The standard InChI is InChI=1S/C10H14O8/c1-13-9(11)7-5-6(16-3-17-7)8(10(12)14-2)18-4-15-5/h5-8H,3-4H2,1-2H3/t5-,6-,7+,8+/m0/s1. The molecule has 0 saturated carbocycles. The number of fused-ring (bicyclic) bond motifs is 1. The molecule has 102 valence electrons. The summed E-state index contributed by atoms with van der Waals surface area (Å²) in [6.45, 7) is -0.303. The minimum Gasteiger partial charge on any atom is -0.467 e. The van der Waals surface area contributed by atoms with Gasteiger partial charge in [-0.2, -0.15) is 0 Å². The summed E-state index contributed by atoms with van der Waals surface area (Å²) >= 11 is 0. The van der Waals surface area contributed by atoms with E-state index in [2.05, 4.69) is 9.47 Å². The Balaban J connectivity index is 2.14. The number of ether oxygens (including phenoxy) is 6. The minimum absolute atomic E-state index is 0.152. The molecule has 2 saturated heterocycles. The molecule has 0 aromatic heterocycles. The molecule has 0 aromatic rings. The summed E-state index contributed by atoms with van der Waals surface area (Å²) in [7, 11) is 2.49. The van der Waals surface area contributed by atoms with Crippen molar-refractivity contribution in [3.63, 3.8) is 0 Å². The van der Waals surface area contributed by atoms with Crippen molar-refractivity contribution in [1.82, 2.24) is 0 Å². The fraction of sp³-hybridized carbons (Fsp3) is 0.800. The van der Waals surface area contributed by atoms with Gasteiger partial charge in [0.2, 0.25) is 0 Å². The van der Waals surface area contributed by atoms with Gasteiger partial charge in [0.25, 0.3) is 0 Å². The molecule has 2 rings (SSSR count). The predicted octanol–water partition coefficient (Wildman–Crippen LogP) is -1.18. The maximum Gasteiger partial charge on any atom is 0.337 e. The van der Waals surface area contributed by atoms with Gasteiger partial charge in [0, 0.05) is 0 Å². The molecule has 2 heterocycles. The van der Waals surface area contributed by atoms with E-state index < -0.39 is 36.4 Å². The molecule has 0 bridgehead atoms. The van der Waals surface area contributed by atoms with Gasteiger partial charge in [-0.25, -0.2) is 9.59 Å². The molecule has 2 fully saturated rings. The molecule has 0 aromatic carbocycles. The van der Waals surface area contributed by atoms with Crippen molar-refractivity contribution >= 4 is 11.9 Å². The normalized spacial score (nSPS) is 35.4. The van der Waals surface area contributed by atoms with Crippen LogP contribution in [0.5, 0.6) is 0 Å². The quantitative estimate of drug-likeness (QED) is 0.574. The average molecular weight is 262 g/mol. The lowest BCUT2D eigenvalue weighted by atomic mass is 10.0. The van der Waals surface area contributed by atoms with Crippen LogP contribution in [0.3, 0.4) is 0 Å². The second-order valence-corrected chi connectivity index (χ2v) is 3.72. The number of esters is 2. The van der Waals surface area contributed by atoms with E-state index in [0.717, 1.165) is 0 Å². The molecule has 8 heteroatoms. The first kappa shape index (κ1) is 13.2. The SMILES string of the molecule is COC(=O)[C@@H]1OCO[C@H]2[C@@H]1OCO[C@H]2C(=O)OC. The van der Waals surface area contributed by atoms with Gasteiger partial charge in [-0.3, -0.25) is 0 Å². The molecule has 0 N–H and O–H groups in total. The van der Waals surface area contributed by atoms with Gasteiger partial charge in [0.05, 0.1) is 14.2 Å². The number of carbonyl (C=O) groups is 2. The molecule has 0 spiro atoms. The highest BCUT2D eigenvalue weighted by atomic mass is 16.8. The Labute approximate surface area is 103 Å². The summed E-state index contributed by atoms with van der Waals surface area (Å²) in [5, 5.41) is 0. The molecule has 4 atom stereocenters. The largest absolute Gasteiger partial charge is 0.467 e. The molecular formula is C10H14O8. The van der Waals surface area contributed by atoms with Crippen molar-refractivity contribution in [2.45, 2.75) is 24.4 Å². The Morgan fingerprint density at radius 1 is 0.833 bits per heavy atom. The van der Waals surface area contributed by atoms with Crippen LogP contribution in [0.1, 0.15) is 0 Å². The van der Waals surface area contributed by atoms with Crippen molar-refractivity contribution in [2.24, 2.45) is 0 Å². The molecule has 2 aliphatic rings. The molecule has 2 aliphatic heterocycles. The molecule has 0 aliphatic carbocycles. The van der Waals surface area contributed by atoms with Crippen LogP contribution in [0, 0.1) is 0 Å². The molecule has 0 unspecified atom stereocenters. The van der Waals surface area contributed by atoms with Crippen LogP contribution in [-0.4, -0.2) is 64.2 Å².